The molecule has 2 heterocycles. The molecular formula is C21H23N3S. The molecule has 0 spiro atoms. The van der Waals surface area contributed by atoms with Crippen molar-refractivity contribution in [2.45, 2.75) is 20.8 Å². The highest BCUT2D eigenvalue weighted by molar-refractivity contribution is 7.13. The zero-order valence-electron chi connectivity index (χ0n) is 15.2. The Labute approximate surface area is 153 Å². The molecule has 0 saturated carbocycles. The number of thiophene rings is 1. The third-order valence-electron chi connectivity index (χ3n) is 3.76. The van der Waals surface area contributed by atoms with Gasteiger partial charge in [-0.25, -0.2) is 4.98 Å². The van der Waals surface area contributed by atoms with Crippen LogP contribution in [0.5, 0.6) is 0 Å². The number of pyridine rings is 1. The lowest BCUT2D eigenvalue weighted by molar-refractivity contribution is 1.21. The minimum Gasteiger partial charge on any atom is -0.286 e. The lowest BCUT2D eigenvalue weighted by Gasteiger charge is -2.11. The molecule has 3 nitrogen and oxygen atoms in total. The molecule has 0 aliphatic heterocycles. The van der Waals surface area contributed by atoms with Gasteiger partial charge in [0, 0.05) is 18.1 Å². The van der Waals surface area contributed by atoms with Crippen LogP contribution in [0.3, 0.4) is 0 Å². The molecule has 0 aliphatic rings. The first-order valence-corrected chi connectivity index (χ1v) is 9.00. The maximum atomic E-state index is 4.82. The van der Waals surface area contributed by atoms with E-state index in [0.717, 1.165) is 33.9 Å². The molecule has 0 radical (unpaired) electrons. The van der Waals surface area contributed by atoms with Gasteiger partial charge >= 0.3 is 0 Å². The van der Waals surface area contributed by atoms with Crippen LogP contribution in [0.2, 0.25) is 0 Å². The normalized spacial score (nSPS) is 13.5. The second-order valence-electron chi connectivity index (χ2n) is 5.34. The van der Waals surface area contributed by atoms with Gasteiger partial charge in [0.15, 0.2) is 0 Å². The van der Waals surface area contributed by atoms with Gasteiger partial charge in [-0.3, -0.25) is 9.98 Å². The summed E-state index contributed by atoms with van der Waals surface area (Å²) < 4.78 is 0. The summed E-state index contributed by atoms with van der Waals surface area (Å²) in [4.78, 5) is 14.9. The molecule has 0 saturated heterocycles. The number of aliphatic imine (C=N–C) groups is 2. The van der Waals surface area contributed by atoms with Gasteiger partial charge in [-0.15, -0.1) is 11.3 Å². The first kappa shape index (κ1) is 18.7. The summed E-state index contributed by atoms with van der Waals surface area (Å²) in [5.41, 5.74) is 5.60. The van der Waals surface area contributed by atoms with Crippen molar-refractivity contribution in [3.8, 4) is 10.4 Å². The highest BCUT2D eigenvalue weighted by Crippen LogP contribution is 2.28. The van der Waals surface area contributed by atoms with Gasteiger partial charge < -0.3 is 0 Å². The van der Waals surface area contributed by atoms with Crippen molar-refractivity contribution in [1.29, 1.82) is 0 Å². The van der Waals surface area contributed by atoms with Crippen LogP contribution in [0, 0.1) is 0 Å². The van der Waals surface area contributed by atoms with Crippen LogP contribution in [0.4, 0.5) is 0 Å². The second kappa shape index (κ2) is 9.04. The maximum Gasteiger partial charge on any atom is 0.0898 e. The molecule has 0 bridgehead atoms. The summed E-state index contributed by atoms with van der Waals surface area (Å²) >= 11 is 1.71. The Kier molecular flexibility index (Phi) is 6.78. The van der Waals surface area contributed by atoms with Crippen LogP contribution in [-0.4, -0.2) is 24.0 Å². The van der Waals surface area contributed by atoms with Crippen LogP contribution in [0.15, 0.2) is 70.0 Å². The minimum absolute atomic E-state index is 0.813. The van der Waals surface area contributed by atoms with E-state index in [4.69, 9.17) is 4.98 Å². The molecule has 25 heavy (non-hydrogen) atoms. The zero-order chi connectivity index (χ0) is 18.2. The molecule has 0 aliphatic carbocycles. The Bertz CT molecular complexity index is 853. The van der Waals surface area contributed by atoms with E-state index in [1.807, 2.05) is 32.9 Å². The molecule has 0 atom stereocenters. The van der Waals surface area contributed by atoms with E-state index in [2.05, 4.69) is 46.2 Å². The van der Waals surface area contributed by atoms with Gasteiger partial charge in [0.2, 0.25) is 0 Å². The van der Waals surface area contributed by atoms with Crippen molar-refractivity contribution >= 4 is 29.0 Å². The molecular weight excluding hydrogens is 326 g/mol. The lowest BCUT2D eigenvalue weighted by Crippen LogP contribution is -2.07. The number of allylic oxidation sites excluding steroid dienone is 4. The van der Waals surface area contributed by atoms with Crippen LogP contribution < -0.4 is 0 Å². The van der Waals surface area contributed by atoms with Gasteiger partial charge in [-0.1, -0.05) is 30.9 Å². The molecule has 2 rings (SSSR count). The van der Waals surface area contributed by atoms with E-state index >= 15 is 0 Å². The summed E-state index contributed by atoms with van der Waals surface area (Å²) in [5.74, 6) is 0. The molecule has 0 unspecified atom stereocenters. The largest absolute Gasteiger partial charge is 0.286 e. The van der Waals surface area contributed by atoms with Gasteiger partial charge in [-0.2, -0.15) is 0 Å². The summed E-state index contributed by atoms with van der Waals surface area (Å²) in [6.45, 7) is 9.71. The topological polar surface area (TPSA) is 37.6 Å². The Hall–Kier alpha value is -2.59. The SMILES string of the molecule is C=CC=N/C(=C\C)c1cc(-c2cccs2)cc(C(=NC)/C(C)=C\C)n1. The quantitative estimate of drug-likeness (QED) is 0.606. The van der Waals surface area contributed by atoms with E-state index < -0.39 is 0 Å². The average Bonchev–Trinajstić information content (AvgIpc) is 3.17. The number of rotatable bonds is 6. The Morgan fingerprint density at radius 1 is 1.20 bits per heavy atom. The summed E-state index contributed by atoms with van der Waals surface area (Å²) in [6.07, 6.45) is 7.35. The highest BCUT2D eigenvalue weighted by atomic mass is 32.1. The monoisotopic (exact) mass is 349 g/mol. The van der Waals surface area contributed by atoms with Crippen molar-refractivity contribution in [2.24, 2.45) is 9.98 Å². The maximum absolute atomic E-state index is 4.82. The van der Waals surface area contributed by atoms with Gasteiger partial charge in [0.05, 0.1) is 22.8 Å². The molecule has 2 aromatic heterocycles. The standard InChI is InChI=1S/C21H23N3S/c1-6-11-23-17(8-3)18-13-16(20-10-9-12-25-20)14-19(24-18)21(22-5)15(4)7-2/h6-14H,1H2,2-5H3/b15-7-,17-8-,22-21?,23-11?. The average molecular weight is 350 g/mol. The third-order valence-corrected chi connectivity index (χ3v) is 4.68. The van der Waals surface area contributed by atoms with Crippen molar-refractivity contribution in [1.82, 2.24) is 4.98 Å². The van der Waals surface area contributed by atoms with E-state index in [1.165, 1.54) is 4.88 Å². The van der Waals surface area contributed by atoms with Gasteiger partial charge in [0.1, 0.15) is 0 Å². The third kappa shape index (κ3) is 4.48. The van der Waals surface area contributed by atoms with Crippen LogP contribution >= 0.6 is 11.3 Å². The van der Waals surface area contributed by atoms with E-state index in [9.17, 15) is 0 Å². The van der Waals surface area contributed by atoms with Crippen molar-refractivity contribution in [3.63, 3.8) is 0 Å². The smallest absolute Gasteiger partial charge is 0.0898 e. The van der Waals surface area contributed by atoms with Crippen LogP contribution in [0.1, 0.15) is 32.2 Å². The Balaban J connectivity index is 2.68. The van der Waals surface area contributed by atoms with Crippen LogP contribution in [-0.2, 0) is 0 Å². The van der Waals surface area contributed by atoms with Crippen molar-refractivity contribution in [2.75, 3.05) is 7.05 Å². The molecule has 2 aromatic rings. The molecule has 128 valence electrons. The van der Waals surface area contributed by atoms with Crippen LogP contribution in [0.25, 0.3) is 16.1 Å². The number of aromatic nitrogens is 1. The van der Waals surface area contributed by atoms with Crippen molar-refractivity contribution < 1.29 is 0 Å². The zero-order valence-corrected chi connectivity index (χ0v) is 16.0. The first-order chi connectivity index (χ1) is 12.1. The Morgan fingerprint density at radius 2 is 1.96 bits per heavy atom. The predicted octanol–water partition coefficient (Wildman–Crippen LogP) is 5.81. The van der Waals surface area contributed by atoms with Gasteiger partial charge in [0.25, 0.3) is 0 Å². The van der Waals surface area contributed by atoms with E-state index in [1.54, 1.807) is 30.7 Å². The summed E-state index contributed by atoms with van der Waals surface area (Å²) in [6, 6.07) is 8.33. The summed E-state index contributed by atoms with van der Waals surface area (Å²) in [7, 11) is 1.80. The minimum atomic E-state index is 0.813. The van der Waals surface area contributed by atoms with Gasteiger partial charge in [-0.05, 0) is 55.5 Å². The second-order valence-corrected chi connectivity index (χ2v) is 6.28. The fraction of sp³-hybridized carbons (Fsp3) is 0.190. The predicted molar refractivity (Wildman–Crippen MR) is 112 cm³/mol. The fourth-order valence-electron chi connectivity index (χ4n) is 2.42. The van der Waals surface area contributed by atoms with E-state index in [-0.39, 0.29) is 0 Å². The molecule has 4 heteroatoms. The molecule has 0 amide bonds. The number of hydrogen-bond donors (Lipinski definition) is 0. The summed E-state index contributed by atoms with van der Waals surface area (Å²) in [5, 5.41) is 2.08. The molecule has 0 N–H and O–H groups in total. The fourth-order valence-corrected chi connectivity index (χ4v) is 3.13. The van der Waals surface area contributed by atoms with Crippen molar-refractivity contribution in [3.05, 3.63) is 71.4 Å². The highest BCUT2D eigenvalue weighted by Gasteiger charge is 2.13. The first-order valence-electron chi connectivity index (χ1n) is 8.12. The lowest BCUT2D eigenvalue weighted by atomic mass is 10.0. The Morgan fingerprint density at radius 3 is 2.52 bits per heavy atom. The number of hydrogen-bond acceptors (Lipinski definition) is 4. The molecule has 0 aromatic carbocycles. The van der Waals surface area contributed by atoms with E-state index in [0.29, 0.717) is 0 Å². The number of nitrogens with zero attached hydrogens (tertiary/aromatic N) is 3. The molecule has 0 fully saturated rings.